The molecule has 0 unspecified atom stereocenters. The first-order valence-corrected chi connectivity index (χ1v) is 6.58. The van der Waals surface area contributed by atoms with E-state index >= 15 is 0 Å². The molecule has 1 saturated heterocycles. The molecule has 1 aromatic rings. The lowest BCUT2D eigenvalue weighted by molar-refractivity contribution is 0.312. The highest BCUT2D eigenvalue weighted by atomic mass is 15.2. The fourth-order valence-corrected chi connectivity index (χ4v) is 2.48. The van der Waals surface area contributed by atoms with E-state index in [0.29, 0.717) is 0 Å². The van der Waals surface area contributed by atoms with Crippen molar-refractivity contribution in [2.24, 2.45) is 0 Å². The van der Waals surface area contributed by atoms with E-state index in [1.165, 1.54) is 16.1 Å². The van der Waals surface area contributed by atoms with Crippen LogP contribution in [0.25, 0.3) is 12.2 Å². The number of hydrogen-bond donors (Lipinski definition) is 0. The Bertz CT molecular complexity index is 523. The summed E-state index contributed by atoms with van der Waals surface area (Å²) in [7, 11) is 2.19. The van der Waals surface area contributed by atoms with Gasteiger partial charge in [-0.2, -0.15) is 0 Å². The number of benzene rings is 1. The SMILES string of the molecule is C=C/C=c1/cccc(N2CCN(C)CC2)/c1=C/C. The Balaban J connectivity index is 2.43. The van der Waals surface area contributed by atoms with E-state index in [1.54, 1.807) is 0 Å². The number of anilines is 1. The van der Waals surface area contributed by atoms with Crippen LogP contribution < -0.4 is 15.3 Å². The first kappa shape index (κ1) is 12.9. The highest BCUT2D eigenvalue weighted by Crippen LogP contribution is 2.09. The molecule has 1 aromatic carbocycles. The van der Waals surface area contributed by atoms with E-state index in [1.807, 2.05) is 6.08 Å². The summed E-state index contributed by atoms with van der Waals surface area (Å²) in [5, 5.41) is 2.57. The zero-order chi connectivity index (χ0) is 13.0. The fraction of sp³-hybridized carbons (Fsp3) is 0.375. The summed E-state index contributed by atoms with van der Waals surface area (Å²) >= 11 is 0. The third kappa shape index (κ3) is 2.65. The maximum Gasteiger partial charge on any atom is 0.0443 e. The summed E-state index contributed by atoms with van der Waals surface area (Å²) in [6.07, 6.45) is 6.13. The third-order valence-corrected chi connectivity index (χ3v) is 3.55. The van der Waals surface area contributed by atoms with Gasteiger partial charge in [-0.15, -0.1) is 0 Å². The predicted octanol–water partition coefficient (Wildman–Crippen LogP) is 1.21. The van der Waals surface area contributed by atoms with Crippen LogP contribution in [0.1, 0.15) is 6.92 Å². The van der Waals surface area contributed by atoms with E-state index in [2.05, 4.69) is 60.7 Å². The molecule has 96 valence electrons. The minimum atomic E-state index is 1.11. The van der Waals surface area contributed by atoms with Gasteiger partial charge in [0.1, 0.15) is 0 Å². The molecule has 2 nitrogen and oxygen atoms in total. The molecule has 18 heavy (non-hydrogen) atoms. The van der Waals surface area contributed by atoms with E-state index in [-0.39, 0.29) is 0 Å². The van der Waals surface area contributed by atoms with E-state index in [9.17, 15) is 0 Å². The summed E-state index contributed by atoms with van der Waals surface area (Å²) in [4.78, 5) is 4.86. The minimum absolute atomic E-state index is 1.11. The molecular formula is C16H22N2. The van der Waals surface area contributed by atoms with Gasteiger partial charge < -0.3 is 9.80 Å². The lowest BCUT2D eigenvalue weighted by atomic mass is 10.1. The molecule has 0 radical (unpaired) electrons. The summed E-state index contributed by atoms with van der Waals surface area (Å²) in [5.41, 5.74) is 1.35. The second-order valence-corrected chi connectivity index (χ2v) is 4.76. The summed E-state index contributed by atoms with van der Waals surface area (Å²) < 4.78 is 0. The second kappa shape index (κ2) is 5.87. The molecule has 0 atom stereocenters. The van der Waals surface area contributed by atoms with E-state index in [0.717, 1.165) is 26.2 Å². The lowest BCUT2D eigenvalue weighted by Gasteiger charge is -2.34. The van der Waals surface area contributed by atoms with Gasteiger partial charge in [-0.1, -0.05) is 36.9 Å². The van der Waals surface area contributed by atoms with Crippen LogP contribution in [-0.2, 0) is 0 Å². The zero-order valence-corrected chi connectivity index (χ0v) is 11.4. The van der Waals surface area contributed by atoms with Crippen LogP contribution >= 0.6 is 0 Å². The van der Waals surface area contributed by atoms with Crippen LogP contribution in [0.4, 0.5) is 5.69 Å². The fourth-order valence-electron chi connectivity index (χ4n) is 2.48. The number of piperazine rings is 1. The van der Waals surface area contributed by atoms with Crippen LogP contribution in [0, 0.1) is 0 Å². The predicted molar refractivity (Wildman–Crippen MR) is 80.2 cm³/mol. The van der Waals surface area contributed by atoms with Crippen molar-refractivity contribution in [1.29, 1.82) is 0 Å². The molecule has 1 fully saturated rings. The van der Waals surface area contributed by atoms with Crippen LogP contribution in [0.15, 0.2) is 30.9 Å². The first-order valence-electron chi connectivity index (χ1n) is 6.58. The average molecular weight is 242 g/mol. The topological polar surface area (TPSA) is 6.48 Å². The quantitative estimate of drug-likeness (QED) is 0.769. The number of allylic oxidation sites excluding steroid dienone is 1. The van der Waals surface area contributed by atoms with E-state index in [4.69, 9.17) is 0 Å². The highest BCUT2D eigenvalue weighted by Gasteiger charge is 2.14. The Morgan fingerprint density at radius 2 is 1.89 bits per heavy atom. The van der Waals surface area contributed by atoms with Gasteiger partial charge in [0.15, 0.2) is 0 Å². The van der Waals surface area contributed by atoms with Gasteiger partial charge in [-0.3, -0.25) is 0 Å². The molecule has 1 aliphatic heterocycles. The van der Waals surface area contributed by atoms with Gasteiger partial charge in [0.2, 0.25) is 0 Å². The summed E-state index contributed by atoms with van der Waals surface area (Å²) in [5.74, 6) is 0. The lowest BCUT2D eigenvalue weighted by Crippen LogP contribution is -2.47. The van der Waals surface area contributed by atoms with Crippen molar-refractivity contribution in [3.63, 3.8) is 0 Å². The van der Waals surface area contributed by atoms with Crippen molar-refractivity contribution >= 4 is 17.8 Å². The van der Waals surface area contributed by atoms with Gasteiger partial charge in [0.05, 0.1) is 0 Å². The van der Waals surface area contributed by atoms with Gasteiger partial charge in [0, 0.05) is 37.1 Å². The Labute approximate surface area is 110 Å². The molecule has 0 bridgehead atoms. The van der Waals surface area contributed by atoms with Gasteiger partial charge >= 0.3 is 0 Å². The molecule has 0 aliphatic carbocycles. The Morgan fingerprint density at radius 3 is 2.50 bits per heavy atom. The summed E-state index contributed by atoms with van der Waals surface area (Å²) in [6, 6.07) is 6.51. The largest absolute Gasteiger partial charge is 0.368 e. The Hall–Kier alpha value is -1.54. The third-order valence-electron chi connectivity index (χ3n) is 3.55. The van der Waals surface area contributed by atoms with Gasteiger partial charge in [-0.25, -0.2) is 0 Å². The first-order chi connectivity index (χ1) is 8.76. The number of nitrogens with zero attached hydrogens (tertiary/aromatic N) is 2. The van der Waals surface area contributed by atoms with Crippen molar-refractivity contribution < 1.29 is 0 Å². The molecule has 2 rings (SSSR count). The van der Waals surface area contributed by atoms with Crippen molar-refractivity contribution in [2.45, 2.75) is 6.92 Å². The number of hydrogen-bond acceptors (Lipinski definition) is 2. The number of rotatable bonds is 2. The van der Waals surface area contributed by atoms with Crippen molar-refractivity contribution in [2.75, 3.05) is 38.1 Å². The minimum Gasteiger partial charge on any atom is -0.368 e. The van der Waals surface area contributed by atoms with Crippen LogP contribution in [-0.4, -0.2) is 38.1 Å². The molecule has 2 heteroatoms. The number of likely N-dealkylation sites (N-methyl/N-ethyl adjacent to an activating group) is 1. The standard InChI is InChI=1S/C16H22N2/c1-4-7-14-8-6-9-16(15(14)5-2)18-12-10-17(3)11-13-18/h4-9H,1,10-13H2,2-3H3/b14-7-,15-5+. The van der Waals surface area contributed by atoms with Crippen LogP contribution in [0.2, 0.25) is 0 Å². The molecular weight excluding hydrogens is 220 g/mol. The smallest absolute Gasteiger partial charge is 0.0443 e. The Kier molecular flexibility index (Phi) is 4.21. The molecule has 0 N–H and O–H groups in total. The molecule has 1 heterocycles. The zero-order valence-electron chi connectivity index (χ0n) is 11.4. The van der Waals surface area contributed by atoms with Crippen molar-refractivity contribution in [3.05, 3.63) is 41.3 Å². The van der Waals surface area contributed by atoms with Crippen molar-refractivity contribution in [1.82, 2.24) is 4.90 Å². The van der Waals surface area contributed by atoms with Crippen LogP contribution in [0.3, 0.4) is 0 Å². The van der Waals surface area contributed by atoms with Gasteiger partial charge in [0.25, 0.3) is 0 Å². The average Bonchev–Trinajstić information content (AvgIpc) is 2.40. The maximum atomic E-state index is 3.79. The monoisotopic (exact) mass is 242 g/mol. The normalized spacial score (nSPS) is 19.3. The summed E-state index contributed by atoms with van der Waals surface area (Å²) in [6.45, 7) is 10.4. The molecule has 0 amide bonds. The molecule has 0 saturated carbocycles. The van der Waals surface area contributed by atoms with Crippen LogP contribution in [0.5, 0.6) is 0 Å². The highest BCUT2D eigenvalue weighted by molar-refractivity contribution is 5.54. The molecule has 1 aliphatic rings. The van der Waals surface area contributed by atoms with Crippen molar-refractivity contribution in [3.8, 4) is 0 Å². The Morgan fingerprint density at radius 1 is 1.17 bits per heavy atom. The maximum absolute atomic E-state index is 3.79. The molecule has 0 aromatic heterocycles. The molecule has 0 spiro atoms. The van der Waals surface area contributed by atoms with Gasteiger partial charge in [-0.05, 0) is 25.3 Å². The van der Waals surface area contributed by atoms with E-state index < -0.39 is 0 Å². The second-order valence-electron chi connectivity index (χ2n) is 4.76.